The second-order valence-electron chi connectivity index (χ2n) is 5.30. The molecule has 0 saturated carbocycles. The van der Waals surface area contributed by atoms with Crippen LogP contribution >= 0.6 is 23.4 Å². The fourth-order valence-corrected chi connectivity index (χ4v) is 3.80. The van der Waals surface area contributed by atoms with E-state index in [1.165, 1.54) is 0 Å². The van der Waals surface area contributed by atoms with E-state index in [2.05, 4.69) is 11.9 Å². The molecule has 3 nitrogen and oxygen atoms in total. The van der Waals surface area contributed by atoms with Gasteiger partial charge < -0.3 is 15.2 Å². The van der Waals surface area contributed by atoms with Gasteiger partial charge in [-0.3, -0.25) is 0 Å². The molecule has 0 spiro atoms. The van der Waals surface area contributed by atoms with Gasteiger partial charge in [-0.25, -0.2) is 0 Å². The van der Waals surface area contributed by atoms with Crippen molar-refractivity contribution in [1.82, 2.24) is 5.32 Å². The first kappa shape index (κ1) is 16.7. The molecule has 0 radical (unpaired) electrons. The summed E-state index contributed by atoms with van der Waals surface area (Å²) in [6.07, 6.45) is 3.41. The average molecular weight is 328 g/mol. The summed E-state index contributed by atoms with van der Waals surface area (Å²) in [6.45, 7) is 5.37. The lowest BCUT2D eigenvalue weighted by Gasteiger charge is -2.32. The summed E-state index contributed by atoms with van der Waals surface area (Å²) in [5.41, 5.74) is 0.530. The van der Waals surface area contributed by atoms with E-state index >= 15 is 0 Å². The predicted molar refractivity (Wildman–Crippen MR) is 90.4 cm³/mol. The van der Waals surface area contributed by atoms with E-state index in [4.69, 9.17) is 16.3 Å². The molecule has 5 heteroatoms. The third-order valence-electron chi connectivity index (χ3n) is 3.56. The Bertz CT molecular complexity index is 475. The highest BCUT2D eigenvalue weighted by atomic mass is 35.5. The lowest BCUT2D eigenvalue weighted by Crippen LogP contribution is -2.43. The van der Waals surface area contributed by atoms with Crippen molar-refractivity contribution in [2.24, 2.45) is 0 Å². The Balaban J connectivity index is 1.83. The van der Waals surface area contributed by atoms with Gasteiger partial charge in [0.05, 0.1) is 10.6 Å². The first-order chi connectivity index (χ1) is 10.1. The summed E-state index contributed by atoms with van der Waals surface area (Å²) in [4.78, 5) is 0. The largest absolute Gasteiger partial charge is 0.488 e. The maximum Gasteiger partial charge on any atom is 0.138 e. The highest BCUT2D eigenvalue weighted by Gasteiger charge is 2.28. The Hall–Kier alpha value is -0.680. The number of hydrogen-bond acceptors (Lipinski definition) is 4. The second kappa shape index (κ2) is 8.08. The maximum atomic E-state index is 10.4. The Morgan fingerprint density at radius 1 is 1.43 bits per heavy atom. The lowest BCUT2D eigenvalue weighted by molar-refractivity contribution is 0.0320. The predicted octanol–water partition coefficient (Wildman–Crippen LogP) is 3.25. The SMILES string of the molecule is C=CCOc1ccc(CNCC2(O)CCSCC2)cc1Cl. The van der Waals surface area contributed by atoms with E-state index in [0.29, 0.717) is 30.5 Å². The average Bonchev–Trinajstić information content (AvgIpc) is 2.47. The topological polar surface area (TPSA) is 41.5 Å². The Morgan fingerprint density at radius 3 is 2.86 bits per heavy atom. The van der Waals surface area contributed by atoms with E-state index in [0.717, 1.165) is 29.9 Å². The smallest absolute Gasteiger partial charge is 0.138 e. The number of benzene rings is 1. The third kappa shape index (κ3) is 5.22. The van der Waals surface area contributed by atoms with E-state index in [1.54, 1.807) is 6.08 Å². The molecule has 0 amide bonds. The van der Waals surface area contributed by atoms with Crippen molar-refractivity contribution < 1.29 is 9.84 Å². The van der Waals surface area contributed by atoms with Crippen LogP contribution in [0.15, 0.2) is 30.9 Å². The minimum atomic E-state index is -0.554. The number of thioether (sulfide) groups is 1. The van der Waals surface area contributed by atoms with Crippen molar-refractivity contribution in [3.05, 3.63) is 41.4 Å². The molecule has 0 bridgehead atoms. The molecule has 1 aromatic carbocycles. The number of aliphatic hydroxyl groups is 1. The molecule has 2 rings (SSSR count). The molecule has 0 unspecified atom stereocenters. The molecule has 0 aliphatic carbocycles. The van der Waals surface area contributed by atoms with Gasteiger partial charge in [0.25, 0.3) is 0 Å². The van der Waals surface area contributed by atoms with Crippen LogP contribution in [0.25, 0.3) is 0 Å². The molecule has 2 N–H and O–H groups in total. The van der Waals surface area contributed by atoms with Crippen molar-refractivity contribution in [3.63, 3.8) is 0 Å². The maximum absolute atomic E-state index is 10.4. The standard InChI is InChI=1S/C16H22ClNO2S/c1-2-7-20-15-4-3-13(10-14(15)17)11-18-12-16(19)5-8-21-9-6-16/h2-4,10,18-19H,1,5-9,11-12H2. The molecule has 1 aliphatic heterocycles. The quantitative estimate of drug-likeness (QED) is 0.754. The summed E-state index contributed by atoms with van der Waals surface area (Å²) in [7, 11) is 0. The van der Waals surface area contributed by atoms with Crippen molar-refractivity contribution in [3.8, 4) is 5.75 Å². The van der Waals surface area contributed by atoms with Crippen LogP contribution in [0.2, 0.25) is 5.02 Å². The summed E-state index contributed by atoms with van der Waals surface area (Å²) in [6, 6.07) is 5.75. The Labute approximate surface area is 135 Å². The van der Waals surface area contributed by atoms with Crippen molar-refractivity contribution in [1.29, 1.82) is 0 Å². The third-order valence-corrected chi connectivity index (χ3v) is 4.84. The molecular weight excluding hydrogens is 306 g/mol. The summed E-state index contributed by atoms with van der Waals surface area (Å²) in [5.74, 6) is 2.75. The minimum Gasteiger partial charge on any atom is -0.488 e. The second-order valence-corrected chi connectivity index (χ2v) is 6.94. The molecule has 1 aromatic rings. The van der Waals surface area contributed by atoms with Crippen molar-refractivity contribution >= 4 is 23.4 Å². The highest BCUT2D eigenvalue weighted by molar-refractivity contribution is 7.99. The van der Waals surface area contributed by atoms with Gasteiger partial charge in [-0.15, -0.1) is 0 Å². The number of halogens is 1. The molecule has 0 atom stereocenters. The first-order valence-corrected chi connectivity index (χ1v) is 8.69. The van der Waals surface area contributed by atoms with E-state index in [-0.39, 0.29) is 0 Å². The van der Waals surface area contributed by atoms with E-state index in [1.807, 2.05) is 30.0 Å². The fraction of sp³-hybridized carbons (Fsp3) is 0.500. The molecule has 21 heavy (non-hydrogen) atoms. The van der Waals surface area contributed by atoms with Gasteiger partial charge in [0.1, 0.15) is 12.4 Å². The fourth-order valence-electron chi connectivity index (χ4n) is 2.29. The molecule has 116 valence electrons. The Kier molecular flexibility index (Phi) is 6.42. The number of hydrogen-bond donors (Lipinski definition) is 2. The lowest BCUT2D eigenvalue weighted by atomic mass is 9.97. The van der Waals surface area contributed by atoms with Crippen LogP contribution in [-0.4, -0.2) is 35.4 Å². The Morgan fingerprint density at radius 2 is 2.19 bits per heavy atom. The monoisotopic (exact) mass is 327 g/mol. The van der Waals surface area contributed by atoms with Gasteiger partial charge >= 0.3 is 0 Å². The van der Waals surface area contributed by atoms with Gasteiger partial charge in [0.2, 0.25) is 0 Å². The van der Waals surface area contributed by atoms with Crippen LogP contribution in [0.1, 0.15) is 18.4 Å². The van der Waals surface area contributed by atoms with Crippen LogP contribution in [0, 0.1) is 0 Å². The first-order valence-electron chi connectivity index (χ1n) is 7.16. The van der Waals surface area contributed by atoms with E-state index < -0.39 is 5.60 Å². The molecule has 0 aromatic heterocycles. The van der Waals surface area contributed by atoms with Crippen LogP contribution in [0.3, 0.4) is 0 Å². The van der Waals surface area contributed by atoms with Crippen molar-refractivity contribution in [2.75, 3.05) is 24.7 Å². The number of rotatable bonds is 7. The molecule has 1 fully saturated rings. The van der Waals surface area contributed by atoms with Gasteiger partial charge in [-0.05, 0) is 42.0 Å². The molecule has 1 aliphatic rings. The van der Waals surface area contributed by atoms with Crippen LogP contribution in [0.4, 0.5) is 0 Å². The number of nitrogens with one attached hydrogen (secondary N) is 1. The minimum absolute atomic E-state index is 0.447. The van der Waals surface area contributed by atoms with Gasteiger partial charge in [-0.2, -0.15) is 11.8 Å². The molecule has 1 saturated heterocycles. The zero-order chi connectivity index (χ0) is 15.1. The molecular formula is C16H22ClNO2S. The summed E-state index contributed by atoms with van der Waals surface area (Å²) in [5, 5.41) is 14.3. The van der Waals surface area contributed by atoms with Crippen LogP contribution in [0.5, 0.6) is 5.75 Å². The zero-order valence-corrected chi connectivity index (χ0v) is 13.7. The van der Waals surface area contributed by atoms with Crippen LogP contribution < -0.4 is 10.1 Å². The summed E-state index contributed by atoms with van der Waals surface area (Å²) >= 11 is 8.09. The van der Waals surface area contributed by atoms with Gasteiger partial charge in [0, 0.05) is 13.1 Å². The van der Waals surface area contributed by atoms with Crippen LogP contribution in [-0.2, 0) is 6.54 Å². The zero-order valence-electron chi connectivity index (χ0n) is 12.1. The van der Waals surface area contributed by atoms with Gasteiger partial charge in [0.15, 0.2) is 0 Å². The van der Waals surface area contributed by atoms with Crippen molar-refractivity contribution in [2.45, 2.75) is 25.0 Å². The highest BCUT2D eigenvalue weighted by Crippen LogP contribution is 2.27. The number of ether oxygens (including phenoxy) is 1. The van der Waals surface area contributed by atoms with E-state index in [9.17, 15) is 5.11 Å². The molecule has 1 heterocycles. The summed E-state index contributed by atoms with van der Waals surface area (Å²) < 4.78 is 5.44. The van der Waals surface area contributed by atoms with Gasteiger partial charge in [-0.1, -0.05) is 30.3 Å². The normalized spacial score (nSPS) is 17.4.